The summed E-state index contributed by atoms with van der Waals surface area (Å²) in [4.78, 5) is 38.0. The number of rotatable bonds is 1. The molecule has 0 spiro atoms. The summed E-state index contributed by atoms with van der Waals surface area (Å²) in [6.45, 7) is 1.58. The maximum Gasteiger partial charge on any atom is 0.346 e. The third-order valence-electron chi connectivity index (χ3n) is 2.01. The van der Waals surface area contributed by atoms with Crippen LogP contribution in [0, 0.1) is 6.92 Å². The van der Waals surface area contributed by atoms with Crippen LogP contribution < -0.4 is 11.1 Å². The molecule has 6 nitrogen and oxygen atoms in total. The number of carboxylic acids is 1. The van der Waals surface area contributed by atoms with Crippen molar-refractivity contribution in [2.24, 2.45) is 0 Å². The van der Waals surface area contributed by atoms with Gasteiger partial charge in [0.25, 0.3) is 0 Å². The van der Waals surface area contributed by atoms with Gasteiger partial charge in [0.2, 0.25) is 0 Å². The summed E-state index contributed by atoms with van der Waals surface area (Å²) in [5.41, 5.74) is -0.723. The van der Waals surface area contributed by atoms with Gasteiger partial charge in [0.15, 0.2) is 0 Å². The summed E-state index contributed by atoms with van der Waals surface area (Å²) >= 11 is 0.930. The standard InChI is InChI=1S/C8H6N2O4S/c1-2-3-7(15-4(2)8(13)14)10-6(12)5(11)9-3/h1H3,(H,9,11)(H,10,12)(H,13,14). The molecule has 3 N–H and O–H groups in total. The van der Waals surface area contributed by atoms with Gasteiger partial charge in [0, 0.05) is 5.56 Å². The van der Waals surface area contributed by atoms with Crippen molar-refractivity contribution in [1.82, 2.24) is 9.97 Å². The quantitative estimate of drug-likeness (QED) is 0.608. The zero-order chi connectivity index (χ0) is 11.2. The van der Waals surface area contributed by atoms with Crippen molar-refractivity contribution in [2.75, 3.05) is 0 Å². The van der Waals surface area contributed by atoms with Gasteiger partial charge in [-0.2, -0.15) is 0 Å². The Bertz CT molecular complexity index is 663. The molecule has 0 saturated heterocycles. The minimum atomic E-state index is -1.07. The number of H-pyrrole nitrogens is 2. The van der Waals surface area contributed by atoms with E-state index >= 15 is 0 Å². The Morgan fingerprint density at radius 2 is 1.87 bits per heavy atom. The number of aromatic carboxylic acids is 1. The molecule has 0 aliphatic rings. The molecule has 0 aliphatic heterocycles. The highest BCUT2D eigenvalue weighted by Gasteiger charge is 2.15. The van der Waals surface area contributed by atoms with Gasteiger partial charge in [-0.25, -0.2) is 4.79 Å². The number of aromatic amines is 2. The molecule has 0 aliphatic carbocycles. The van der Waals surface area contributed by atoms with E-state index in [4.69, 9.17) is 5.11 Å². The van der Waals surface area contributed by atoms with E-state index in [1.54, 1.807) is 6.92 Å². The second-order valence-electron chi connectivity index (χ2n) is 2.97. The van der Waals surface area contributed by atoms with E-state index < -0.39 is 17.1 Å². The van der Waals surface area contributed by atoms with Crippen molar-refractivity contribution in [1.29, 1.82) is 0 Å². The topological polar surface area (TPSA) is 103 Å². The van der Waals surface area contributed by atoms with Gasteiger partial charge in [-0.15, -0.1) is 11.3 Å². The fourth-order valence-electron chi connectivity index (χ4n) is 1.29. The van der Waals surface area contributed by atoms with Crippen molar-refractivity contribution < 1.29 is 9.90 Å². The Morgan fingerprint density at radius 3 is 2.47 bits per heavy atom. The van der Waals surface area contributed by atoms with Gasteiger partial charge < -0.3 is 15.1 Å². The Labute approximate surface area is 86.2 Å². The number of nitrogens with one attached hydrogen (secondary N) is 2. The van der Waals surface area contributed by atoms with E-state index in [-0.39, 0.29) is 4.88 Å². The van der Waals surface area contributed by atoms with Gasteiger partial charge in [-0.05, 0) is 6.92 Å². The number of hydrogen-bond acceptors (Lipinski definition) is 4. The lowest BCUT2D eigenvalue weighted by molar-refractivity contribution is 0.0701. The van der Waals surface area contributed by atoms with Crippen molar-refractivity contribution in [3.63, 3.8) is 0 Å². The SMILES string of the molecule is Cc1c(C(=O)O)sc2[nH]c(=O)c(=O)[nH]c12. The predicted molar refractivity (Wildman–Crippen MR) is 54.8 cm³/mol. The lowest BCUT2D eigenvalue weighted by Crippen LogP contribution is -2.28. The maximum atomic E-state index is 11.0. The van der Waals surface area contributed by atoms with Crippen LogP contribution in [0.2, 0.25) is 0 Å². The minimum Gasteiger partial charge on any atom is -0.477 e. The van der Waals surface area contributed by atoms with Crippen LogP contribution in [0.25, 0.3) is 10.3 Å². The Hall–Kier alpha value is -1.89. The zero-order valence-electron chi connectivity index (χ0n) is 7.58. The highest BCUT2D eigenvalue weighted by Crippen LogP contribution is 2.25. The molecule has 78 valence electrons. The third-order valence-corrected chi connectivity index (χ3v) is 3.21. The molecule has 2 aromatic heterocycles. The molecule has 2 aromatic rings. The molecule has 2 rings (SSSR count). The van der Waals surface area contributed by atoms with Crippen LogP contribution in [0.4, 0.5) is 0 Å². The predicted octanol–water partition coefficient (Wildman–Crippen LogP) is 0.285. The molecule has 0 saturated carbocycles. The number of carbonyl (C=O) groups is 1. The summed E-state index contributed by atoms with van der Waals surface area (Å²) in [5.74, 6) is -1.07. The summed E-state index contributed by atoms with van der Waals surface area (Å²) in [7, 11) is 0. The van der Waals surface area contributed by atoms with Crippen LogP contribution in [0.3, 0.4) is 0 Å². The normalized spacial score (nSPS) is 10.7. The number of hydrogen-bond donors (Lipinski definition) is 3. The van der Waals surface area contributed by atoms with Crippen molar-refractivity contribution >= 4 is 27.7 Å². The van der Waals surface area contributed by atoms with Crippen LogP contribution >= 0.6 is 11.3 Å². The van der Waals surface area contributed by atoms with Crippen molar-refractivity contribution in [3.05, 3.63) is 31.1 Å². The monoisotopic (exact) mass is 226 g/mol. The number of thiophene rings is 1. The molecule has 0 radical (unpaired) electrons. The van der Waals surface area contributed by atoms with Gasteiger partial charge >= 0.3 is 17.1 Å². The summed E-state index contributed by atoms with van der Waals surface area (Å²) in [6.07, 6.45) is 0. The van der Waals surface area contributed by atoms with Crippen LogP contribution in [-0.2, 0) is 0 Å². The van der Waals surface area contributed by atoms with Crippen LogP contribution in [-0.4, -0.2) is 21.0 Å². The molecule has 0 aromatic carbocycles. The van der Waals surface area contributed by atoms with Crippen LogP contribution in [0.5, 0.6) is 0 Å². The molecule has 0 bridgehead atoms. The zero-order valence-corrected chi connectivity index (χ0v) is 8.40. The molecule has 15 heavy (non-hydrogen) atoms. The maximum absolute atomic E-state index is 11.0. The van der Waals surface area contributed by atoms with E-state index in [0.29, 0.717) is 15.9 Å². The van der Waals surface area contributed by atoms with E-state index in [2.05, 4.69) is 9.97 Å². The Kier molecular flexibility index (Phi) is 1.97. The first-order valence-corrected chi connectivity index (χ1v) is 4.81. The molecule has 0 amide bonds. The van der Waals surface area contributed by atoms with Crippen molar-refractivity contribution in [2.45, 2.75) is 6.92 Å². The summed E-state index contributed by atoms with van der Waals surface area (Å²) in [5, 5.41) is 8.83. The lowest BCUT2D eigenvalue weighted by Gasteiger charge is -1.90. The van der Waals surface area contributed by atoms with Crippen molar-refractivity contribution in [3.8, 4) is 0 Å². The first-order valence-electron chi connectivity index (χ1n) is 3.99. The van der Waals surface area contributed by atoms with E-state index in [0.717, 1.165) is 11.3 Å². The van der Waals surface area contributed by atoms with E-state index in [9.17, 15) is 14.4 Å². The molecule has 0 unspecified atom stereocenters. The summed E-state index contributed by atoms with van der Waals surface area (Å²) < 4.78 is 0. The smallest absolute Gasteiger partial charge is 0.346 e. The summed E-state index contributed by atoms with van der Waals surface area (Å²) in [6, 6.07) is 0. The fourth-order valence-corrected chi connectivity index (χ4v) is 2.28. The second kappa shape index (κ2) is 3.06. The molecular weight excluding hydrogens is 220 g/mol. The second-order valence-corrected chi connectivity index (χ2v) is 3.99. The highest BCUT2D eigenvalue weighted by atomic mass is 32.1. The molecule has 0 fully saturated rings. The first-order chi connectivity index (χ1) is 7.00. The first kappa shape index (κ1) is 9.66. The fraction of sp³-hybridized carbons (Fsp3) is 0.125. The average Bonchev–Trinajstić information content (AvgIpc) is 2.46. The number of aryl methyl sites for hydroxylation is 1. The van der Waals surface area contributed by atoms with Gasteiger partial charge in [-0.3, -0.25) is 9.59 Å². The number of aromatic nitrogens is 2. The Balaban J connectivity index is 2.95. The highest BCUT2D eigenvalue weighted by molar-refractivity contribution is 7.20. The molecular formula is C8H6N2O4S. The minimum absolute atomic E-state index is 0.113. The number of fused-ring (bicyclic) bond motifs is 1. The lowest BCUT2D eigenvalue weighted by atomic mass is 10.2. The van der Waals surface area contributed by atoms with E-state index in [1.165, 1.54) is 0 Å². The van der Waals surface area contributed by atoms with Crippen LogP contribution in [0.15, 0.2) is 9.59 Å². The largest absolute Gasteiger partial charge is 0.477 e. The third kappa shape index (κ3) is 1.37. The number of carboxylic acid groups (broad SMARTS) is 1. The van der Waals surface area contributed by atoms with Crippen LogP contribution in [0.1, 0.15) is 15.2 Å². The van der Waals surface area contributed by atoms with E-state index in [1.807, 2.05) is 0 Å². The van der Waals surface area contributed by atoms with Gasteiger partial charge in [-0.1, -0.05) is 0 Å². The molecule has 7 heteroatoms. The van der Waals surface area contributed by atoms with Gasteiger partial charge in [0.1, 0.15) is 9.71 Å². The molecule has 2 heterocycles. The average molecular weight is 226 g/mol. The van der Waals surface area contributed by atoms with Gasteiger partial charge in [0.05, 0.1) is 5.52 Å². The Morgan fingerprint density at radius 1 is 1.27 bits per heavy atom. The molecule has 0 atom stereocenters.